The van der Waals surface area contributed by atoms with Crippen molar-refractivity contribution in [2.24, 2.45) is 0 Å². The summed E-state index contributed by atoms with van der Waals surface area (Å²) >= 11 is 0. The Labute approximate surface area is 126 Å². The summed E-state index contributed by atoms with van der Waals surface area (Å²) in [4.78, 5) is 4.71. The van der Waals surface area contributed by atoms with E-state index in [1.165, 1.54) is 5.56 Å². The Bertz CT molecular complexity index is 553. The van der Waals surface area contributed by atoms with Gasteiger partial charge < -0.3 is 9.84 Å². The minimum atomic E-state index is 0.0853. The second-order valence-electron chi connectivity index (χ2n) is 5.96. The van der Waals surface area contributed by atoms with E-state index in [0.717, 1.165) is 56.9 Å². The van der Waals surface area contributed by atoms with Gasteiger partial charge in [-0.25, -0.2) is 0 Å². The van der Waals surface area contributed by atoms with Gasteiger partial charge in [0.15, 0.2) is 5.82 Å². The molecule has 1 aliphatic rings. The van der Waals surface area contributed by atoms with Gasteiger partial charge in [-0.3, -0.25) is 0 Å². The van der Waals surface area contributed by atoms with Gasteiger partial charge in [-0.2, -0.15) is 4.98 Å². The van der Waals surface area contributed by atoms with E-state index in [0.29, 0.717) is 0 Å². The molecule has 4 heteroatoms. The molecule has 1 fully saturated rings. The summed E-state index contributed by atoms with van der Waals surface area (Å²) < 4.78 is 5.64. The van der Waals surface area contributed by atoms with Gasteiger partial charge in [0, 0.05) is 6.42 Å². The molecule has 1 aromatic heterocycles. The van der Waals surface area contributed by atoms with Gasteiger partial charge in [0.2, 0.25) is 5.89 Å². The van der Waals surface area contributed by atoms with Crippen LogP contribution in [0.4, 0.5) is 0 Å². The lowest BCUT2D eigenvalue weighted by Gasteiger charge is -2.34. The third-order valence-electron chi connectivity index (χ3n) is 4.42. The molecule has 4 nitrogen and oxygen atoms in total. The first-order valence-electron chi connectivity index (χ1n) is 7.90. The molecule has 1 N–H and O–H groups in total. The van der Waals surface area contributed by atoms with Crippen LogP contribution in [0.1, 0.15) is 49.9 Å². The van der Waals surface area contributed by atoms with Crippen molar-refractivity contribution in [2.75, 3.05) is 13.1 Å². The largest absolute Gasteiger partial charge is 0.339 e. The lowest BCUT2D eigenvalue weighted by molar-refractivity contribution is 0.208. The number of hydrogen-bond acceptors (Lipinski definition) is 4. The topological polar surface area (TPSA) is 51.0 Å². The van der Waals surface area contributed by atoms with Crippen molar-refractivity contribution in [1.29, 1.82) is 0 Å². The standard InChI is InChI=1S/C17H23N3O/c1-2-8-17(9-11-18-12-10-17)16-19-15(20-21-16)13-14-6-4-3-5-7-14/h3-7,18H,2,8-13H2,1H3. The van der Waals surface area contributed by atoms with Crippen molar-refractivity contribution >= 4 is 0 Å². The molecular formula is C17H23N3O. The first-order chi connectivity index (χ1) is 10.3. The molecule has 112 valence electrons. The molecular weight excluding hydrogens is 262 g/mol. The van der Waals surface area contributed by atoms with E-state index in [9.17, 15) is 0 Å². The predicted octanol–water partition coefficient (Wildman–Crippen LogP) is 3.08. The van der Waals surface area contributed by atoms with Gasteiger partial charge >= 0.3 is 0 Å². The Kier molecular flexibility index (Phi) is 4.34. The van der Waals surface area contributed by atoms with E-state index in [4.69, 9.17) is 9.51 Å². The second-order valence-corrected chi connectivity index (χ2v) is 5.96. The summed E-state index contributed by atoms with van der Waals surface area (Å²) in [7, 11) is 0. The maximum Gasteiger partial charge on any atom is 0.232 e. The van der Waals surface area contributed by atoms with Crippen molar-refractivity contribution in [3.63, 3.8) is 0 Å². The van der Waals surface area contributed by atoms with E-state index in [-0.39, 0.29) is 5.41 Å². The van der Waals surface area contributed by atoms with Gasteiger partial charge in [-0.15, -0.1) is 0 Å². The van der Waals surface area contributed by atoms with Gasteiger partial charge in [0.25, 0.3) is 0 Å². The van der Waals surface area contributed by atoms with Crippen molar-refractivity contribution in [1.82, 2.24) is 15.5 Å². The van der Waals surface area contributed by atoms with Crippen LogP contribution in [0.3, 0.4) is 0 Å². The smallest absolute Gasteiger partial charge is 0.232 e. The highest BCUT2D eigenvalue weighted by molar-refractivity contribution is 5.19. The monoisotopic (exact) mass is 285 g/mol. The summed E-state index contributed by atoms with van der Waals surface area (Å²) in [6.07, 6.45) is 5.20. The predicted molar refractivity (Wildman–Crippen MR) is 82.2 cm³/mol. The SMILES string of the molecule is CCCC1(c2nc(Cc3ccccc3)no2)CCNCC1. The highest BCUT2D eigenvalue weighted by Gasteiger charge is 2.38. The lowest BCUT2D eigenvalue weighted by atomic mass is 9.75. The molecule has 0 amide bonds. The minimum Gasteiger partial charge on any atom is -0.339 e. The van der Waals surface area contributed by atoms with Crippen LogP contribution < -0.4 is 5.32 Å². The third kappa shape index (κ3) is 3.16. The first-order valence-corrected chi connectivity index (χ1v) is 7.90. The molecule has 21 heavy (non-hydrogen) atoms. The Hall–Kier alpha value is -1.68. The van der Waals surface area contributed by atoms with Crippen LogP contribution in [0, 0.1) is 0 Å². The summed E-state index contributed by atoms with van der Waals surface area (Å²) in [6.45, 7) is 4.30. The van der Waals surface area contributed by atoms with Crippen LogP contribution in [-0.4, -0.2) is 23.2 Å². The van der Waals surface area contributed by atoms with Gasteiger partial charge in [-0.1, -0.05) is 48.8 Å². The summed E-state index contributed by atoms with van der Waals surface area (Å²) in [6, 6.07) is 10.3. The number of nitrogens with zero attached hydrogens (tertiary/aromatic N) is 2. The molecule has 2 aromatic rings. The normalized spacial score (nSPS) is 17.8. The fourth-order valence-corrected chi connectivity index (χ4v) is 3.27. The van der Waals surface area contributed by atoms with Crippen LogP contribution in [0.2, 0.25) is 0 Å². The molecule has 3 rings (SSSR count). The minimum absolute atomic E-state index is 0.0853. The molecule has 1 aliphatic heterocycles. The zero-order chi connectivity index (χ0) is 14.5. The molecule has 0 saturated carbocycles. The number of hydrogen-bond donors (Lipinski definition) is 1. The number of piperidine rings is 1. The fraction of sp³-hybridized carbons (Fsp3) is 0.529. The molecule has 0 unspecified atom stereocenters. The van der Waals surface area contributed by atoms with E-state index in [2.05, 4.69) is 29.5 Å². The maximum atomic E-state index is 5.64. The average Bonchev–Trinajstić information content (AvgIpc) is 2.99. The van der Waals surface area contributed by atoms with E-state index >= 15 is 0 Å². The summed E-state index contributed by atoms with van der Waals surface area (Å²) in [5.41, 5.74) is 1.31. The quantitative estimate of drug-likeness (QED) is 0.917. The third-order valence-corrected chi connectivity index (χ3v) is 4.42. The molecule has 1 saturated heterocycles. The van der Waals surface area contributed by atoms with Crippen LogP contribution in [0.5, 0.6) is 0 Å². The van der Waals surface area contributed by atoms with Crippen molar-refractivity contribution in [3.8, 4) is 0 Å². The van der Waals surface area contributed by atoms with Crippen LogP contribution in [0.15, 0.2) is 34.9 Å². The Morgan fingerprint density at radius 2 is 1.95 bits per heavy atom. The number of rotatable bonds is 5. The van der Waals surface area contributed by atoms with Gasteiger partial charge in [-0.05, 0) is 37.9 Å². The van der Waals surface area contributed by atoms with Crippen LogP contribution in [-0.2, 0) is 11.8 Å². The fourth-order valence-electron chi connectivity index (χ4n) is 3.27. The zero-order valence-corrected chi connectivity index (χ0v) is 12.6. The Balaban J connectivity index is 1.79. The van der Waals surface area contributed by atoms with Crippen LogP contribution >= 0.6 is 0 Å². The molecule has 0 spiro atoms. The summed E-state index contributed by atoms with van der Waals surface area (Å²) in [5, 5.41) is 7.63. The van der Waals surface area contributed by atoms with Crippen molar-refractivity contribution in [2.45, 2.75) is 44.4 Å². The lowest BCUT2D eigenvalue weighted by Crippen LogP contribution is -2.40. The van der Waals surface area contributed by atoms with Gasteiger partial charge in [0.05, 0.1) is 5.41 Å². The van der Waals surface area contributed by atoms with Gasteiger partial charge in [0.1, 0.15) is 0 Å². The van der Waals surface area contributed by atoms with E-state index in [1.807, 2.05) is 18.2 Å². The molecule has 0 radical (unpaired) electrons. The Morgan fingerprint density at radius 1 is 1.19 bits per heavy atom. The van der Waals surface area contributed by atoms with Crippen LogP contribution in [0.25, 0.3) is 0 Å². The highest BCUT2D eigenvalue weighted by Crippen LogP contribution is 2.36. The average molecular weight is 285 g/mol. The number of nitrogens with one attached hydrogen (secondary N) is 1. The molecule has 0 bridgehead atoms. The summed E-state index contributed by atoms with van der Waals surface area (Å²) in [5.74, 6) is 1.64. The van der Waals surface area contributed by atoms with Crippen molar-refractivity contribution < 1.29 is 4.52 Å². The zero-order valence-electron chi connectivity index (χ0n) is 12.6. The highest BCUT2D eigenvalue weighted by atomic mass is 16.5. The van der Waals surface area contributed by atoms with Crippen molar-refractivity contribution in [3.05, 3.63) is 47.6 Å². The van der Waals surface area contributed by atoms with E-state index in [1.54, 1.807) is 0 Å². The first kappa shape index (κ1) is 14.3. The number of aromatic nitrogens is 2. The number of benzene rings is 1. The maximum absolute atomic E-state index is 5.64. The Morgan fingerprint density at radius 3 is 2.67 bits per heavy atom. The molecule has 2 heterocycles. The second kappa shape index (κ2) is 6.39. The molecule has 0 atom stereocenters. The molecule has 0 aliphatic carbocycles. The van der Waals surface area contributed by atoms with E-state index < -0.39 is 0 Å². The molecule has 1 aromatic carbocycles.